The molecule has 4 aromatic carbocycles. The second kappa shape index (κ2) is 9.86. The first kappa shape index (κ1) is 25.0. The number of nitrogens with zero attached hydrogens (tertiary/aromatic N) is 4. The highest BCUT2D eigenvalue weighted by molar-refractivity contribution is 5.86. The van der Waals surface area contributed by atoms with Gasteiger partial charge in [-0.05, 0) is 75.7 Å². The van der Waals surface area contributed by atoms with E-state index in [1.807, 2.05) is 36.4 Å². The predicted octanol–water partition coefficient (Wildman–Crippen LogP) is 9.25. The summed E-state index contributed by atoms with van der Waals surface area (Å²) in [6, 6.07) is 33.0. The molecular weight excluding hydrogens is 504 g/mol. The van der Waals surface area contributed by atoms with Gasteiger partial charge in [0.1, 0.15) is 5.82 Å². The highest BCUT2D eigenvalue weighted by Gasteiger charge is 2.30. The van der Waals surface area contributed by atoms with Crippen molar-refractivity contribution in [2.75, 3.05) is 4.90 Å². The zero-order chi connectivity index (χ0) is 28.0. The Labute approximate surface area is 240 Å². The standard InChI is InChI=1S/C36H30N4O/c1-24-12-14-26(15-13-24)33-37-34(39-35(38-33)36(3)22-20-25(2)21-23-36)27-16-18-28(19-17-27)40-29-8-4-6-10-31(29)41-32-11-7-5-9-30(32)40/h4-22H,23H2,1-3H3. The summed E-state index contributed by atoms with van der Waals surface area (Å²) in [4.78, 5) is 17.2. The second-order valence-electron chi connectivity index (χ2n) is 11.0. The third-order valence-electron chi connectivity index (χ3n) is 7.83. The maximum absolute atomic E-state index is 6.19. The van der Waals surface area contributed by atoms with E-state index < -0.39 is 0 Å². The average Bonchev–Trinajstić information content (AvgIpc) is 3.01. The smallest absolute Gasteiger partial charge is 0.163 e. The molecule has 7 rings (SSSR count). The molecule has 2 heterocycles. The first-order valence-electron chi connectivity index (χ1n) is 13.9. The van der Waals surface area contributed by atoms with Crippen LogP contribution in [0.2, 0.25) is 0 Å². The van der Waals surface area contributed by atoms with Crippen molar-refractivity contribution in [3.05, 3.63) is 132 Å². The van der Waals surface area contributed by atoms with Gasteiger partial charge in [-0.15, -0.1) is 0 Å². The van der Waals surface area contributed by atoms with Gasteiger partial charge in [0.2, 0.25) is 0 Å². The molecule has 5 aromatic rings. The third kappa shape index (κ3) is 4.59. The molecule has 2 aliphatic rings. The number of benzene rings is 4. The molecule has 200 valence electrons. The van der Waals surface area contributed by atoms with Gasteiger partial charge in [0.05, 0.1) is 11.4 Å². The van der Waals surface area contributed by atoms with Gasteiger partial charge < -0.3 is 9.64 Å². The summed E-state index contributed by atoms with van der Waals surface area (Å²) >= 11 is 0. The molecule has 1 aliphatic heterocycles. The summed E-state index contributed by atoms with van der Waals surface area (Å²) in [5.41, 5.74) is 7.12. The minimum absolute atomic E-state index is 0.308. The van der Waals surface area contributed by atoms with E-state index in [0.29, 0.717) is 11.6 Å². The van der Waals surface area contributed by atoms with Crippen LogP contribution in [0, 0.1) is 6.92 Å². The van der Waals surface area contributed by atoms with Crippen molar-refractivity contribution >= 4 is 17.1 Å². The van der Waals surface area contributed by atoms with Gasteiger partial charge in [0, 0.05) is 22.2 Å². The monoisotopic (exact) mass is 534 g/mol. The molecule has 0 saturated heterocycles. The highest BCUT2D eigenvalue weighted by Crippen LogP contribution is 2.50. The van der Waals surface area contributed by atoms with Gasteiger partial charge in [-0.1, -0.05) is 77.9 Å². The van der Waals surface area contributed by atoms with Crippen molar-refractivity contribution < 1.29 is 4.74 Å². The largest absolute Gasteiger partial charge is 0.453 e. The minimum Gasteiger partial charge on any atom is -0.453 e. The molecule has 0 N–H and O–H groups in total. The fourth-order valence-electron chi connectivity index (χ4n) is 5.32. The van der Waals surface area contributed by atoms with Gasteiger partial charge in [-0.2, -0.15) is 0 Å². The lowest BCUT2D eigenvalue weighted by molar-refractivity contribution is 0.477. The van der Waals surface area contributed by atoms with Crippen LogP contribution in [0.3, 0.4) is 0 Å². The summed E-state index contributed by atoms with van der Waals surface area (Å²) < 4.78 is 6.19. The zero-order valence-corrected chi connectivity index (χ0v) is 23.4. The molecule has 5 heteroatoms. The van der Waals surface area contributed by atoms with Gasteiger partial charge in [-0.25, -0.2) is 15.0 Å². The number of hydrogen-bond donors (Lipinski definition) is 0. The van der Waals surface area contributed by atoms with Crippen molar-refractivity contribution in [1.82, 2.24) is 15.0 Å². The number of hydrogen-bond acceptors (Lipinski definition) is 5. The van der Waals surface area contributed by atoms with Crippen molar-refractivity contribution in [3.63, 3.8) is 0 Å². The molecule has 5 nitrogen and oxygen atoms in total. The topological polar surface area (TPSA) is 51.1 Å². The van der Waals surface area contributed by atoms with Crippen LogP contribution in [0.4, 0.5) is 17.1 Å². The van der Waals surface area contributed by atoms with Crippen LogP contribution in [0.25, 0.3) is 22.8 Å². The van der Waals surface area contributed by atoms with Crippen molar-refractivity contribution in [1.29, 1.82) is 0 Å². The molecule has 1 atom stereocenters. The van der Waals surface area contributed by atoms with E-state index in [4.69, 9.17) is 19.7 Å². The Morgan fingerprint density at radius 3 is 1.80 bits per heavy atom. The molecule has 0 radical (unpaired) electrons. The molecule has 0 amide bonds. The maximum Gasteiger partial charge on any atom is 0.163 e. The molecule has 0 spiro atoms. The Kier molecular flexibility index (Phi) is 6.01. The lowest BCUT2D eigenvalue weighted by Gasteiger charge is -2.32. The van der Waals surface area contributed by atoms with Gasteiger partial charge in [0.25, 0.3) is 0 Å². The number of anilines is 3. The van der Waals surface area contributed by atoms with Gasteiger partial charge in [0.15, 0.2) is 23.1 Å². The van der Waals surface area contributed by atoms with E-state index in [9.17, 15) is 0 Å². The van der Waals surface area contributed by atoms with Crippen LogP contribution in [-0.2, 0) is 5.41 Å². The first-order valence-corrected chi connectivity index (χ1v) is 13.9. The Balaban J connectivity index is 1.32. The number of aryl methyl sites for hydroxylation is 1. The molecule has 0 bridgehead atoms. The number of ether oxygens (including phenoxy) is 1. The van der Waals surface area contributed by atoms with E-state index >= 15 is 0 Å². The number of fused-ring (bicyclic) bond motifs is 2. The Bertz CT molecular complexity index is 1780. The molecule has 41 heavy (non-hydrogen) atoms. The Morgan fingerprint density at radius 2 is 1.24 bits per heavy atom. The normalized spacial score (nSPS) is 17.3. The summed E-state index contributed by atoms with van der Waals surface area (Å²) in [7, 11) is 0. The van der Waals surface area contributed by atoms with Crippen LogP contribution in [0.5, 0.6) is 11.5 Å². The highest BCUT2D eigenvalue weighted by atomic mass is 16.5. The van der Waals surface area contributed by atoms with Crippen LogP contribution < -0.4 is 9.64 Å². The fraction of sp³-hybridized carbons (Fsp3) is 0.139. The van der Waals surface area contributed by atoms with E-state index in [0.717, 1.165) is 51.9 Å². The van der Waals surface area contributed by atoms with E-state index in [2.05, 4.69) is 105 Å². The fourth-order valence-corrected chi connectivity index (χ4v) is 5.32. The quantitative estimate of drug-likeness (QED) is 0.226. The molecular formula is C36H30N4O. The summed E-state index contributed by atoms with van der Waals surface area (Å²) in [5, 5.41) is 0. The first-order chi connectivity index (χ1) is 20.0. The maximum atomic E-state index is 6.19. The second-order valence-corrected chi connectivity index (χ2v) is 11.0. The summed E-state index contributed by atoms with van der Waals surface area (Å²) in [6.07, 6.45) is 7.48. The van der Waals surface area contributed by atoms with Crippen molar-refractivity contribution in [3.8, 4) is 34.3 Å². The van der Waals surface area contributed by atoms with Crippen LogP contribution in [0.1, 0.15) is 31.7 Å². The number of aromatic nitrogens is 3. The molecule has 0 saturated carbocycles. The van der Waals surface area contributed by atoms with Crippen LogP contribution in [-0.4, -0.2) is 15.0 Å². The summed E-state index contributed by atoms with van der Waals surface area (Å²) in [5.74, 6) is 3.79. The van der Waals surface area contributed by atoms with Gasteiger partial charge in [-0.3, -0.25) is 0 Å². The van der Waals surface area contributed by atoms with Crippen molar-refractivity contribution in [2.24, 2.45) is 0 Å². The predicted molar refractivity (Wildman–Crippen MR) is 165 cm³/mol. The zero-order valence-electron chi connectivity index (χ0n) is 23.4. The van der Waals surface area contributed by atoms with Crippen LogP contribution >= 0.6 is 0 Å². The van der Waals surface area contributed by atoms with Crippen LogP contribution in [0.15, 0.2) is 121 Å². The number of para-hydroxylation sites is 4. The molecule has 1 aromatic heterocycles. The number of rotatable bonds is 4. The van der Waals surface area contributed by atoms with E-state index in [1.54, 1.807) is 0 Å². The minimum atomic E-state index is -0.308. The SMILES string of the molecule is CC1=CCC(C)(c2nc(-c3ccc(C)cc3)nc(-c3ccc(N4c5ccccc5Oc5ccccc54)cc3)n2)C=C1. The van der Waals surface area contributed by atoms with Gasteiger partial charge >= 0.3 is 0 Å². The Morgan fingerprint density at radius 1 is 0.683 bits per heavy atom. The molecule has 1 unspecified atom stereocenters. The lowest BCUT2D eigenvalue weighted by Crippen LogP contribution is -2.24. The van der Waals surface area contributed by atoms with E-state index in [-0.39, 0.29) is 5.41 Å². The molecule has 1 aliphatic carbocycles. The average molecular weight is 535 g/mol. The lowest BCUT2D eigenvalue weighted by atomic mass is 9.81. The van der Waals surface area contributed by atoms with Crippen molar-refractivity contribution in [2.45, 2.75) is 32.6 Å². The molecule has 0 fully saturated rings. The summed E-state index contributed by atoms with van der Waals surface area (Å²) in [6.45, 7) is 6.41. The third-order valence-corrected chi connectivity index (χ3v) is 7.83. The van der Waals surface area contributed by atoms with E-state index in [1.165, 1.54) is 11.1 Å². The number of allylic oxidation sites excluding steroid dienone is 4. The Hall–Kier alpha value is -5.03.